The lowest BCUT2D eigenvalue weighted by Crippen LogP contribution is -2.26. The number of aromatic amines is 1. The Morgan fingerprint density at radius 2 is 2.71 bits per heavy atom. The van der Waals surface area contributed by atoms with Crippen LogP contribution in [0.4, 0.5) is 0 Å². The Balaban J connectivity index is 3.30. The molecule has 0 atom stereocenters. The van der Waals surface area contributed by atoms with Crippen molar-refractivity contribution in [1.82, 2.24) is 4.98 Å². The number of nitrogens with zero attached hydrogens (tertiary/aromatic N) is 1. The Kier molecular flexibility index (Phi) is 0.619. The van der Waals surface area contributed by atoms with Crippen molar-refractivity contribution in [1.29, 1.82) is 0 Å². The van der Waals surface area contributed by atoms with Gasteiger partial charge in [0.2, 0.25) is 0 Å². The Hall–Kier alpha value is -1.26. The first kappa shape index (κ1) is 3.91. The van der Waals surface area contributed by atoms with E-state index in [4.69, 9.17) is 5.21 Å². The van der Waals surface area contributed by atoms with Crippen LogP contribution in [0.3, 0.4) is 0 Å². The third-order valence-electron chi connectivity index (χ3n) is 0.469. The Morgan fingerprint density at radius 3 is 2.86 bits per heavy atom. The van der Waals surface area contributed by atoms with Gasteiger partial charge in [0.15, 0.2) is 0 Å². The summed E-state index contributed by atoms with van der Waals surface area (Å²) in [6.07, 6.45) is 0.988. The molecular weight excluding hydrogens is 100 g/mol. The molecule has 5 heteroatoms. The monoisotopic (exact) mass is 103 g/mol. The van der Waals surface area contributed by atoms with E-state index in [9.17, 15) is 4.79 Å². The number of rotatable bonds is 0. The summed E-state index contributed by atoms with van der Waals surface area (Å²) >= 11 is 0. The predicted octanol–water partition coefficient (Wildman–Crippen LogP) is -1.51. The van der Waals surface area contributed by atoms with Gasteiger partial charge in [-0.3, -0.25) is 0 Å². The SMILES string of the molecule is O=c1[nH]c[n+](O)o1. The topological polar surface area (TPSA) is 70.1 Å². The molecule has 1 aromatic rings. The van der Waals surface area contributed by atoms with Gasteiger partial charge in [-0.2, -0.15) is 14.3 Å². The second kappa shape index (κ2) is 1.11. The molecule has 0 aliphatic heterocycles. The van der Waals surface area contributed by atoms with Gasteiger partial charge < -0.3 is 5.21 Å². The predicted molar refractivity (Wildman–Crippen MR) is 16.7 cm³/mol. The Bertz CT molecular complexity index is 199. The van der Waals surface area contributed by atoms with E-state index in [-0.39, 0.29) is 0 Å². The smallest absolute Gasteiger partial charge is 0.317 e. The first-order valence-corrected chi connectivity index (χ1v) is 1.59. The molecule has 5 nitrogen and oxygen atoms in total. The molecule has 0 fully saturated rings. The number of hydrogen-bond acceptors (Lipinski definition) is 3. The molecule has 0 saturated carbocycles. The van der Waals surface area contributed by atoms with Crippen LogP contribution in [0.25, 0.3) is 0 Å². The fourth-order valence-electron chi connectivity index (χ4n) is 0.246. The molecule has 0 saturated heterocycles. The van der Waals surface area contributed by atoms with Crippen molar-refractivity contribution in [2.75, 3.05) is 0 Å². The van der Waals surface area contributed by atoms with Gasteiger partial charge in [-0.15, -0.1) is 0 Å². The lowest BCUT2D eigenvalue weighted by molar-refractivity contribution is -1.03. The van der Waals surface area contributed by atoms with Crippen molar-refractivity contribution in [2.24, 2.45) is 0 Å². The third-order valence-corrected chi connectivity index (χ3v) is 0.469. The molecule has 0 unspecified atom stereocenters. The van der Waals surface area contributed by atoms with Crippen molar-refractivity contribution in [3.63, 3.8) is 0 Å². The van der Waals surface area contributed by atoms with Gasteiger partial charge in [0.25, 0.3) is 0 Å². The largest absolute Gasteiger partial charge is 0.550 e. The highest BCUT2D eigenvalue weighted by atomic mass is 16.7. The van der Waals surface area contributed by atoms with Crippen molar-refractivity contribution in [3.05, 3.63) is 16.9 Å². The van der Waals surface area contributed by atoms with Crippen LogP contribution in [0.1, 0.15) is 0 Å². The quantitative estimate of drug-likeness (QED) is 0.392. The van der Waals surface area contributed by atoms with E-state index in [1.807, 2.05) is 0 Å². The molecule has 1 heterocycles. The van der Waals surface area contributed by atoms with Crippen LogP contribution in [-0.4, -0.2) is 10.2 Å². The van der Waals surface area contributed by atoms with Crippen molar-refractivity contribution in [2.45, 2.75) is 0 Å². The second-order valence-corrected chi connectivity index (χ2v) is 0.955. The summed E-state index contributed by atoms with van der Waals surface area (Å²) in [5, 5.41) is 8.17. The number of hydrogen-bond donors (Lipinski definition) is 2. The molecule has 0 bridgehead atoms. The molecule has 0 aliphatic rings. The molecule has 7 heavy (non-hydrogen) atoms. The fraction of sp³-hybridized carbons (Fsp3) is 0. The van der Waals surface area contributed by atoms with Crippen molar-refractivity contribution in [3.8, 4) is 0 Å². The van der Waals surface area contributed by atoms with Crippen LogP contribution in [-0.2, 0) is 0 Å². The lowest BCUT2D eigenvalue weighted by Gasteiger charge is -1.61. The van der Waals surface area contributed by atoms with E-state index < -0.39 is 5.76 Å². The first-order valence-electron chi connectivity index (χ1n) is 1.59. The van der Waals surface area contributed by atoms with Crippen LogP contribution in [0.2, 0.25) is 0 Å². The molecule has 2 N–H and O–H groups in total. The van der Waals surface area contributed by atoms with Gasteiger partial charge in [-0.1, -0.05) is 0 Å². The molecule has 0 radical (unpaired) electrons. The molecule has 38 valence electrons. The van der Waals surface area contributed by atoms with Crippen LogP contribution < -0.4 is 10.7 Å². The highest BCUT2D eigenvalue weighted by Gasteiger charge is 1.95. The zero-order chi connectivity index (χ0) is 5.28. The first-order chi connectivity index (χ1) is 3.29. The average Bonchev–Trinajstić information content (AvgIpc) is 1.87. The maximum atomic E-state index is 9.89. The van der Waals surface area contributed by atoms with Gasteiger partial charge in [-0.25, -0.2) is 0 Å². The molecule has 0 amide bonds. The molecule has 0 aromatic carbocycles. The average molecular weight is 103 g/mol. The van der Waals surface area contributed by atoms with Crippen LogP contribution in [0.5, 0.6) is 0 Å². The van der Waals surface area contributed by atoms with Crippen LogP contribution in [0, 0.1) is 0 Å². The zero-order valence-electron chi connectivity index (χ0n) is 3.29. The zero-order valence-corrected chi connectivity index (χ0v) is 3.29. The maximum absolute atomic E-state index is 9.89. The molecule has 1 aromatic heterocycles. The number of nitrogens with one attached hydrogen (secondary N) is 1. The molecule has 0 spiro atoms. The summed E-state index contributed by atoms with van der Waals surface area (Å²) in [6.45, 7) is 0. The second-order valence-electron chi connectivity index (χ2n) is 0.955. The minimum absolute atomic E-state index is 0.294. The highest BCUT2D eigenvalue weighted by molar-refractivity contribution is 4.34. The number of H-pyrrole nitrogens is 1. The van der Waals surface area contributed by atoms with Crippen LogP contribution >= 0.6 is 0 Å². The maximum Gasteiger partial charge on any atom is 0.550 e. The summed E-state index contributed by atoms with van der Waals surface area (Å²) in [5.41, 5.74) is 0. The van der Waals surface area contributed by atoms with E-state index in [0.717, 1.165) is 6.33 Å². The normalized spacial score (nSPS) is 9.14. The van der Waals surface area contributed by atoms with Gasteiger partial charge in [-0.05, 0) is 0 Å². The fourth-order valence-corrected chi connectivity index (χ4v) is 0.246. The van der Waals surface area contributed by atoms with Crippen LogP contribution in [0.15, 0.2) is 15.6 Å². The van der Waals surface area contributed by atoms with E-state index in [1.165, 1.54) is 0 Å². The minimum Gasteiger partial charge on any atom is -0.317 e. The minimum atomic E-state index is -0.678. The van der Waals surface area contributed by atoms with E-state index in [1.54, 1.807) is 0 Å². The van der Waals surface area contributed by atoms with E-state index in [0.29, 0.717) is 4.90 Å². The van der Waals surface area contributed by atoms with E-state index >= 15 is 0 Å². The highest BCUT2D eigenvalue weighted by Crippen LogP contribution is 1.47. The van der Waals surface area contributed by atoms with E-state index in [2.05, 4.69) is 9.51 Å². The molecule has 1 rings (SSSR count). The van der Waals surface area contributed by atoms with Crippen molar-refractivity contribution >= 4 is 0 Å². The third kappa shape index (κ3) is 0.594. The Morgan fingerprint density at radius 1 is 2.00 bits per heavy atom. The van der Waals surface area contributed by atoms with Gasteiger partial charge in [0, 0.05) is 0 Å². The summed E-state index contributed by atoms with van der Waals surface area (Å²) < 4.78 is 3.94. The summed E-state index contributed by atoms with van der Waals surface area (Å²) in [5.74, 6) is -0.678. The number of aromatic nitrogens is 2. The standard InChI is InChI=1S/C2H2N2O3/c5-2-3-1-4(6)7-2/h1,6H/p+1. The lowest BCUT2D eigenvalue weighted by atomic mass is 11.3. The molecule has 0 aliphatic carbocycles. The summed E-state index contributed by atoms with van der Waals surface area (Å²) in [4.78, 5) is 12.2. The van der Waals surface area contributed by atoms with Gasteiger partial charge in [0.1, 0.15) is 4.90 Å². The van der Waals surface area contributed by atoms with Gasteiger partial charge in [0.05, 0.1) is 0 Å². The molecular formula is C2H3N2O3+. The van der Waals surface area contributed by atoms with Gasteiger partial charge >= 0.3 is 12.1 Å². The Labute approximate surface area is 37.7 Å². The summed E-state index contributed by atoms with van der Waals surface area (Å²) in [6, 6.07) is 0. The van der Waals surface area contributed by atoms with Crippen molar-refractivity contribution < 1.29 is 14.6 Å². The summed E-state index contributed by atoms with van der Waals surface area (Å²) in [7, 11) is 0.